The molecule has 0 radical (unpaired) electrons. The van der Waals surface area contributed by atoms with Crippen molar-refractivity contribution < 1.29 is 0 Å². The molecule has 4 nitrogen and oxygen atoms in total. The molecule has 1 aromatic heterocycles. The zero-order chi connectivity index (χ0) is 12.4. The highest BCUT2D eigenvalue weighted by Gasteiger charge is 2.25. The average Bonchev–Trinajstić information content (AvgIpc) is 2.35. The quantitative estimate of drug-likeness (QED) is 0.888. The summed E-state index contributed by atoms with van der Waals surface area (Å²) in [6, 6.07) is 8.60. The number of hydrogen-bond acceptors (Lipinski definition) is 4. The summed E-state index contributed by atoms with van der Waals surface area (Å²) >= 11 is 0. The van der Waals surface area contributed by atoms with Crippen molar-refractivity contribution >= 4 is 16.9 Å². The zero-order valence-corrected chi connectivity index (χ0v) is 10.6. The van der Waals surface area contributed by atoms with E-state index >= 15 is 0 Å². The molecule has 0 saturated carbocycles. The zero-order valence-electron chi connectivity index (χ0n) is 10.6. The molecule has 94 valence electrons. The molecule has 3 rings (SSSR count). The van der Waals surface area contributed by atoms with Gasteiger partial charge < -0.3 is 10.2 Å². The number of hydrogen-bond donors (Lipinski definition) is 1. The number of para-hydroxylation sites is 2. The first-order chi connectivity index (χ1) is 8.88. The van der Waals surface area contributed by atoms with E-state index in [1.807, 2.05) is 30.5 Å². The SMILES string of the molecule is CCCN(c1cnc2ccccc2n1)C1CNC1. The summed E-state index contributed by atoms with van der Waals surface area (Å²) in [7, 11) is 0. The van der Waals surface area contributed by atoms with Gasteiger partial charge in [-0.05, 0) is 18.6 Å². The van der Waals surface area contributed by atoms with Gasteiger partial charge in [0, 0.05) is 19.6 Å². The highest BCUT2D eigenvalue weighted by atomic mass is 15.3. The van der Waals surface area contributed by atoms with Gasteiger partial charge in [-0.2, -0.15) is 0 Å². The van der Waals surface area contributed by atoms with Gasteiger partial charge >= 0.3 is 0 Å². The van der Waals surface area contributed by atoms with E-state index in [-0.39, 0.29) is 0 Å². The maximum atomic E-state index is 4.73. The van der Waals surface area contributed by atoms with Crippen LogP contribution in [-0.2, 0) is 0 Å². The molecule has 0 unspecified atom stereocenters. The highest BCUT2D eigenvalue weighted by molar-refractivity contribution is 5.75. The van der Waals surface area contributed by atoms with Crippen LogP contribution in [0.5, 0.6) is 0 Å². The lowest BCUT2D eigenvalue weighted by Gasteiger charge is -2.38. The molecular weight excluding hydrogens is 224 g/mol. The Hall–Kier alpha value is -1.68. The van der Waals surface area contributed by atoms with Crippen LogP contribution >= 0.6 is 0 Å². The molecule has 4 heteroatoms. The Morgan fingerprint density at radius 3 is 2.72 bits per heavy atom. The lowest BCUT2D eigenvalue weighted by Crippen LogP contribution is -2.57. The van der Waals surface area contributed by atoms with Crippen LogP contribution in [0, 0.1) is 0 Å². The summed E-state index contributed by atoms with van der Waals surface area (Å²) in [5, 5.41) is 3.32. The van der Waals surface area contributed by atoms with Gasteiger partial charge in [0.2, 0.25) is 0 Å². The third kappa shape index (κ3) is 2.04. The lowest BCUT2D eigenvalue weighted by molar-refractivity contribution is 0.410. The first-order valence-electron chi connectivity index (χ1n) is 6.57. The number of anilines is 1. The van der Waals surface area contributed by atoms with Crippen LogP contribution in [0.4, 0.5) is 5.82 Å². The number of rotatable bonds is 4. The average molecular weight is 242 g/mol. The van der Waals surface area contributed by atoms with Crippen molar-refractivity contribution in [2.75, 3.05) is 24.5 Å². The van der Waals surface area contributed by atoms with Crippen molar-refractivity contribution in [2.24, 2.45) is 0 Å². The van der Waals surface area contributed by atoms with Gasteiger partial charge in [0.1, 0.15) is 5.82 Å². The van der Waals surface area contributed by atoms with Gasteiger partial charge in [-0.15, -0.1) is 0 Å². The molecule has 0 spiro atoms. The van der Waals surface area contributed by atoms with Crippen molar-refractivity contribution in [3.05, 3.63) is 30.5 Å². The van der Waals surface area contributed by atoms with E-state index in [0.717, 1.165) is 42.9 Å². The molecule has 1 saturated heterocycles. The predicted octanol–water partition coefficient (Wildman–Crippen LogP) is 1.82. The summed E-state index contributed by atoms with van der Waals surface area (Å²) in [4.78, 5) is 11.6. The van der Waals surface area contributed by atoms with E-state index in [0.29, 0.717) is 6.04 Å². The molecular formula is C14H18N4. The lowest BCUT2D eigenvalue weighted by atomic mass is 10.1. The van der Waals surface area contributed by atoms with E-state index in [2.05, 4.69) is 22.1 Å². The summed E-state index contributed by atoms with van der Waals surface area (Å²) in [5.41, 5.74) is 1.94. The van der Waals surface area contributed by atoms with Crippen LogP contribution in [0.15, 0.2) is 30.5 Å². The second-order valence-corrected chi connectivity index (χ2v) is 4.72. The van der Waals surface area contributed by atoms with E-state index in [4.69, 9.17) is 4.98 Å². The molecule has 0 bridgehead atoms. The Labute approximate surface area is 107 Å². The van der Waals surface area contributed by atoms with Crippen molar-refractivity contribution in [1.82, 2.24) is 15.3 Å². The molecule has 1 aliphatic heterocycles. The molecule has 1 aliphatic rings. The molecule has 0 atom stereocenters. The molecule has 1 fully saturated rings. The first kappa shape index (κ1) is 11.4. The number of aromatic nitrogens is 2. The summed E-state index contributed by atoms with van der Waals surface area (Å²) in [6.45, 7) is 5.34. The minimum atomic E-state index is 0.570. The Morgan fingerprint density at radius 2 is 2.06 bits per heavy atom. The molecule has 2 heterocycles. The fourth-order valence-corrected chi connectivity index (χ4v) is 2.30. The number of benzene rings is 1. The Balaban J connectivity index is 1.95. The normalized spacial score (nSPS) is 15.6. The third-order valence-electron chi connectivity index (χ3n) is 3.40. The number of fused-ring (bicyclic) bond motifs is 1. The fourth-order valence-electron chi connectivity index (χ4n) is 2.30. The summed E-state index contributed by atoms with van der Waals surface area (Å²) in [5.74, 6) is 1.00. The molecule has 0 amide bonds. The van der Waals surface area contributed by atoms with Gasteiger partial charge in [-0.3, -0.25) is 4.98 Å². The Morgan fingerprint density at radius 1 is 1.28 bits per heavy atom. The minimum absolute atomic E-state index is 0.570. The molecule has 1 aromatic carbocycles. The first-order valence-corrected chi connectivity index (χ1v) is 6.57. The monoisotopic (exact) mass is 242 g/mol. The predicted molar refractivity (Wildman–Crippen MR) is 73.8 cm³/mol. The van der Waals surface area contributed by atoms with Crippen molar-refractivity contribution in [1.29, 1.82) is 0 Å². The largest absolute Gasteiger partial charge is 0.350 e. The summed E-state index contributed by atoms with van der Waals surface area (Å²) < 4.78 is 0. The van der Waals surface area contributed by atoms with E-state index in [9.17, 15) is 0 Å². The molecule has 1 N–H and O–H groups in total. The van der Waals surface area contributed by atoms with Crippen LogP contribution in [0.3, 0.4) is 0 Å². The van der Waals surface area contributed by atoms with Crippen LogP contribution < -0.4 is 10.2 Å². The van der Waals surface area contributed by atoms with Crippen molar-refractivity contribution in [2.45, 2.75) is 19.4 Å². The summed E-state index contributed by atoms with van der Waals surface area (Å²) in [6.07, 6.45) is 3.03. The van der Waals surface area contributed by atoms with E-state index in [1.165, 1.54) is 0 Å². The van der Waals surface area contributed by atoms with Crippen LogP contribution in [0.2, 0.25) is 0 Å². The van der Waals surface area contributed by atoms with Gasteiger partial charge in [0.05, 0.1) is 23.3 Å². The van der Waals surface area contributed by atoms with Crippen LogP contribution in [-0.4, -0.2) is 35.6 Å². The number of nitrogens with one attached hydrogen (secondary N) is 1. The van der Waals surface area contributed by atoms with Gasteiger partial charge in [-0.1, -0.05) is 19.1 Å². The number of nitrogens with zero attached hydrogens (tertiary/aromatic N) is 3. The standard InChI is InChI=1S/C14H18N4/c1-2-7-18(11-8-15-9-11)14-10-16-12-5-3-4-6-13(12)17-14/h3-6,10-11,15H,2,7-9H2,1H3. The van der Waals surface area contributed by atoms with Crippen LogP contribution in [0.1, 0.15) is 13.3 Å². The maximum Gasteiger partial charge on any atom is 0.148 e. The topological polar surface area (TPSA) is 41.1 Å². The smallest absolute Gasteiger partial charge is 0.148 e. The molecule has 2 aromatic rings. The minimum Gasteiger partial charge on any atom is -0.350 e. The maximum absolute atomic E-state index is 4.73. The fraction of sp³-hybridized carbons (Fsp3) is 0.429. The van der Waals surface area contributed by atoms with Gasteiger partial charge in [0.15, 0.2) is 0 Å². The van der Waals surface area contributed by atoms with Crippen molar-refractivity contribution in [3.8, 4) is 0 Å². The Bertz CT molecular complexity index is 536. The van der Waals surface area contributed by atoms with E-state index < -0.39 is 0 Å². The van der Waals surface area contributed by atoms with Crippen LogP contribution in [0.25, 0.3) is 11.0 Å². The second-order valence-electron chi connectivity index (χ2n) is 4.72. The Kier molecular flexibility index (Phi) is 3.11. The highest BCUT2D eigenvalue weighted by Crippen LogP contribution is 2.19. The van der Waals surface area contributed by atoms with Crippen molar-refractivity contribution in [3.63, 3.8) is 0 Å². The van der Waals surface area contributed by atoms with E-state index in [1.54, 1.807) is 0 Å². The molecule has 18 heavy (non-hydrogen) atoms. The third-order valence-corrected chi connectivity index (χ3v) is 3.40. The second kappa shape index (κ2) is 4.90. The van der Waals surface area contributed by atoms with Gasteiger partial charge in [0.25, 0.3) is 0 Å². The molecule has 0 aliphatic carbocycles. The van der Waals surface area contributed by atoms with Gasteiger partial charge in [-0.25, -0.2) is 4.98 Å².